The maximum absolute atomic E-state index is 8.98. The molecule has 0 saturated heterocycles. The SMILES string of the molecule is CCc1nn(-c2ccc(C#N)cc2)c(CC)c1Oc1ccc(C#N)cc1. The van der Waals surface area contributed by atoms with Crippen LogP contribution in [0, 0.1) is 22.7 Å². The van der Waals surface area contributed by atoms with E-state index in [1.54, 1.807) is 36.4 Å². The molecule has 0 fully saturated rings. The Morgan fingerprint density at radius 2 is 1.46 bits per heavy atom. The number of nitriles is 2. The zero-order valence-electron chi connectivity index (χ0n) is 14.7. The van der Waals surface area contributed by atoms with Gasteiger partial charge < -0.3 is 4.74 Å². The Morgan fingerprint density at radius 3 is 1.96 bits per heavy atom. The van der Waals surface area contributed by atoms with Crippen LogP contribution in [0.1, 0.15) is 36.4 Å². The summed E-state index contributed by atoms with van der Waals surface area (Å²) in [4.78, 5) is 0. The summed E-state index contributed by atoms with van der Waals surface area (Å²) in [5.74, 6) is 1.43. The van der Waals surface area contributed by atoms with Crippen LogP contribution in [0.4, 0.5) is 0 Å². The summed E-state index contributed by atoms with van der Waals surface area (Å²) in [5, 5.41) is 22.6. The molecular formula is C21H18N4O. The summed E-state index contributed by atoms with van der Waals surface area (Å²) in [5.41, 5.74) is 3.94. The van der Waals surface area contributed by atoms with E-state index in [2.05, 4.69) is 19.1 Å². The van der Waals surface area contributed by atoms with Gasteiger partial charge in [0.05, 0.1) is 34.6 Å². The van der Waals surface area contributed by atoms with Crippen LogP contribution in [0.2, 0.25) is 0 Å². The molecule has 3 rings (SSSR count). The van der Waals surface area contributed by atoms with Crippen LogP contribution in [0.3, 0.4) is 0 Å². The second-order valence-electron chi connectivity index (χ2n) is 5.74. The molecule has 0 radical (unpaired) electrons. The minimum absolute atomic E-state index is 0.594. The van der Waals surface area contributed by atoms with Crippen molar-refractivity contribution >= 4 is 0 Å². The Hall–Kier alpha value is -3.57. The van der Waals surface area contributed by atoms with E-state index >= 15 is 0 Å². The summed E-state index contributed by atoms with van der Waals surface area (Å²) in [7, 11) is 0. The molecule has 5 heteroatoms. The van der Waals surface area contributed by atoms with Gasteiger partial charge in [0.25, 0.3) is 0 Å². The van der Waals surface area contributed by atoms with Gasteiger partial charge in [-0.3, -0.25) is 0 Å². The number of nitrogens with zero attached hydrogens (tertiary/aromatic N) is 4. The molecule has 1 heterocycles. The third-order valence-electron chi connectivity index (χ3n) is 4.11. The van der Waals surface area contributed by atoms with Crippen molar-refractivity contribution in [3.63, 3.8) is 0 Å². The molecule has 0 amide bonds. The van der Waals surface area contributed by atoms with E-state index in [4.69, 9.17) is 20.4 Å². The Bertz CT molecular complexity index is 987. The molecule has 26 heavy (non-hydrogen) atoms. The summed E-state index contributed by atoms with van der Waals surface area (Å²) in [6.07, 6.45) is 1.49. The van der Waals surface area contributed by atoms with Crippen LogP contribution in [0.15, 0.2) is 48.5 Å². The monoisotopic (exact) mass is 342 g/mol. The van der Waals surface area contributed by atoms with Crippen LogP contribution in [0.5, 0.6) is 11.5 Å². The predicted octanol–water partition coefficient (Wildman–Crippen LogP) is 4.53. The highest BCUT2D eigenvalue weighted by Crippen LogP contribution is 2.32. The van der Waals surface area contributed by atoms with Gasteiger partial charge in [-0.15, -0.1) is 0 Å². The molecule has 3 aromatic rings. The molecule has 0 bridgehead atoms. The van der Waals surface area contributed by atoms with Gasteiger partial charge in [-0.2, -0.15) is 15.6 Å². The summed E-state index contributed by atoms with van der Waals surface area (Å²) < 4.78 is 8.00. The Kier molecular flexibility index (Phi) is 5.01. The van der Waals surface area contributed by atoms with Gasteiger partial charge in [-0.1, -0.05) is 13.8 Å². The van der Waals surface area contributed by atoms with Crippen molar-refractivity contribution in [3.05, 3.63) is 71.0 Å². The fourth-order valence-corrected chi connectivity index (χ4v) is 2.75. The van der Waals surface area contributed by atoms with Crippen molar-refractivity contribution in [3.8, 4) is 29.3 Å². The maximum atomic E-state index is 8.98. The third kappa shape index (κ3) is 3.29. The van der Waals surface area contributed by atoms with Gasteiger partial charge in [0.2, 0.25) is 0 Å². The number of hydrogen-bond acceptors (Lipinski definition) is 4. The van der Waals surface area contributed by atoms with Crippen molar-refractivity contribution in [2.75, 3.05) is 0 Å². The van der Waals surface area contributed by atoms with E-state index in [9.17, 15) is 0 Å². The lowest BCUT2D eigenvalue weighted by atomic mass is 10.2. The van der Waals surface area contributed by atoms with Crippen LogP contribution in [-0.2, 0) is 12.8 Å². The molecule has 5 nitrogen and oxygen atoms in total. The number of aryl methyl sites for hydroxylation is 1. The van der Waals surface area contributed by atoms with Crippen LogP contribution < -0.4 is 4.74 Å². The smallest absolute Gasteiger partial charge is 0.172 e. The maximum Gasteiger partial charge on any atom is 0.172 e. The minimum Gasteiger partial charge on any atom is -0.453 e. The highest BCUT2D eigenvalue weighted by Gasteiger charge is 2.19. The molecule has 0 spiro atoms. The molecule has 0 saturated carbocycles. The first-order valence-corrected chi connectivity index (χ1v) is 8.49. The lowest BCUT2D eigenvalue weighted by Crippen LogP contribution is -2.02. The van der Waals surface area contributed by atoms with Crippen molar-refractivity contribution < 1.29 is 4.74 Å². The summed E-state index contributed by atoms with van der Waals surface area (Å²) in [6, 6.07) is 18.6. The highest BCUT2D eigenvalue weighted by atomic mass is 16.5. The normalized spacial score (nSPS) is 10.2. The Labute approximate surface area is 152 Å². The number of aromatic nitrogens is 2. The topological polar surface area (TPSA) is 74.6 Å². The minimum atomic E-state index is 0.594. The number of hydrogen-bond donors (Lipinski definition) is 0. The highest BCUT2D eigenvalue weighted by molar-refractivity contribution is 5.46. The van der Waals surface area contributed by atoms with Gasteiger partial charge in [0.1, 0.15) is 11.4 Å². The van der Waals surface area contributed by atoms with E-state index in [-0.39, 0.29) is 0 Å². The van der Waals surface area contributed by atoms with Gasteiger partial charge in [0, 0.05) is 0 Å². The molecular weight excluding hydrogens is 324 g/mol. The van der Waals surface area contributed by atoms with Crippen molar-refractivity contribution in [1.82, 2.24) is 9.78 Å². The average molecular weight is 342 g/mol. The van der Waals surface area contributed by atoms with Crippen molar-refractivity contribution in [2.45, 2.75) is 26.7 Å². The molecule has 1 aromatic heterocycles. The number of rotatable bonds is 5. The number of ether oxygens (including phenoxy) is 1. The zero-order valence-corrected chi connectivity index (χ0v) is 14.7. The van der Waals surface area contributed by atoms with E-state index in [1.165, 1.54) is 0 Å². The first-order valence-electron chi connectivity index (χ1n) is 8.49. The molecule has 0 N–H and O–H groups in total. The fourth-order valence-electron chi connectivity index (χ4n) is 2.75. The lowest BCUT2D eigenvalue weighted by Gasteiger charge is -2.09. The molecule has 0 aliphatic carbocycles. The quantitative estimate of drug-likeness (QED) is 0.682. The van der Waals surface area contributed by atoms with Crippen molar-refractivity contribution in [1.29, 1.82) is 10.5 Å². The Balaban J connectivity index is 2.02. The van der Waals surface area contributed by atoms with Gasteiger partial charge >= 0.3 is 0 Å². The van der Waals surface area contributed by atoms with E-state index in [0.717, 1.165) is 35.7 Å². The molecule has 128 valence electrons. The van der Waals surface area contributed by atoms with Crippen molar-refractivity contribution in [2.24, 2.45) is 0 Å². The molecule has 0 aliphatic heterocycles. The van der Waals surface area contributed by atoms with Gasteiger partial charge in [0.15, 0.2) is 5.75 Å². The fraction of sp³-hybridized carbons (Fsp3) is 0.190. The summed E-state index contributed by atoms with van der Waals surface area (Å²) in [6.45, 7) is 4.10. The third-order valence-corrected chi connectivity index (χ3v) is 4.11. The first kappa shape index (κ1) is 17.3. The van der Waals surface area contributed by atoms with Gasteiger partial charge in [-0.05, 0) is 61.4 Å². The average Bonchev–Trinajstić information content (AvgIpc) is 3.06. The Morgan fingerprint density at radius 1 is 0.885 bits per heavy atom. The van der Waals surface area contributed by atoms with Crippen LogP contribution in [0.25, 0.3) is 5.69 Å². The number of benzene rings is 2. The van der Waals surface area contributed by atoms with E-state index < -0.39 is 0 Å². The van der Waals surface area contributed by atoms with Crippen LogP contribution >= 0.6 is 0 Å². The predicted molar refractivity (Wildman–Crippen MR) is 98.3 cm³/mol. The first-order chi connectivity index (χ1) is 12.7. The van der Waals surface area contributed by atoms with Crippen LogP contribution in [-0.4, -0.2) is 9.78 Å². The zero-order chi connectivity index (χ0) is 18.5. The van der Waals surface area contributed by atoms with E-state index in [0.29, 0.717) is 16.9 Å². The van der Waals surface area contributed by atoms with Gasteiger partial charge in [-0.25, -0.2) is 4.68 Å². The van der Waals surface area contributed by atoms with E-state index in [1.807, 2.05) is 23.7 Å². The molecule has 0 aliphatic rings. The molecule has 2 aromatic carbocycles. The lowest BCUT2D eigenvalue weighted by molar-refractivity contribution is 0.470. The largest absolute Gasteiger partial charge is 0.453 e. The molecule has 0 unspecified atom stereocenters. The standard InChI is InChI=1S/C21H18N4O/c1-3-19-21(26-18-11-7-16(14-23)8-12-18)20(4-2)25(24-19)17-9-5-15(13-22)6-10-17/h5-12H,3-4H2,1-2H3. The summed E-state index contributed by atoms with van der Waals surface area (Å²) >= 11 is 0. The second kappa shape index (κ2) is 7.55. The molecule has 0 atom stereocenters. The second-order valence-corrected chi connectivity index (χ2v) is 5.74.